The standard InChI is InChI=1S/C15H26N4O/c1-15(2,20-3)7-10-16-13-6-4-11-19(12-13)14-17-8-5-9-18-14/h5,8-9,13,16H,4,6-7,10-12H2,1-3H3. The van der Waals surface area contributed by atoms with Crippen LogP contribution in [-0.2, 0) is 4.74 Å². The highest BCUT2D eigenvalue weighted by Crippen LogP contribution is 2.16. The molecule has 1 aliphatic heterocycles. The summed E-state index contributed by atoms with van der Waals surface area (Å²) in [5, 5.41) is 3.63. The quantitative estimate of drug-likeness (QED) is 0.860. The van der Waals surface area contributed by atoms with Crippen molar-refractivity contribution in [1.82, 2.24) is 15.3 Å². The van der Waals surface area contributed by atoms with Crippen LogP contribution in [0, 0.1) is 0 Å². The third-order valence-corrected chi connectivity index (χ3v) is 3.97. The molecule has 2 rings (SSSR count). The summed E-state index contributed by atoms with van der Waals surface area (Å²) in [6.07, 6.45) is 7.03. The van der Waals surface area contributed by atoms with Gasteiger partial charge in [0.1, 0.15) is 0 Å². The van der Waals surface area contributed by atoms with Gasteiger partial charge in [0.05, 0.1) is 5.60 Å². The van der Waals surface area contributed by atoms with Gasteiger partial charge < -0.3 is 15.0 Å². The highest BCUT2D eigenvalue weighted by Gasteiger charge is 2.22. The number of piperidine rings is 1. The third kappa shape index (κ3) is 4.42. The normalized spacial score (nSPS) is 20.1. The maximum atomic E-state index is 5.45. The molecule has 0 bridgehead atoms. The Kier molecular flexibility index (Phi) is 5.31. The Labute approximate surface area is 121 Å². The van der Waals surface area contributed by atoms with E-state index in [0.717, 1.165) is 32.0 Å². The minimum atomic E-state index is -0.0517. The average molecular weight is 278 g/mol. The molecule has 0 radical (unpaired) electrons. The van der Waals surface area contributed by atoms with E-state index in [1.165, 1.54) is 12.8 Å². The zero-order valence-corrected chi connectivity index (χ0v) is 12.8. The van der Waals surface area contributed by atoms with Gasteiger partial charge in [-0.25, -0.2) is 9.97 Å². The van der Waals surface area contributed by atoms with Crippen LogP contribution in [0.3, 0.4) is 0 Å². The number of nitrogens with one attached hydrogen (secondary N) is 1. The van der Waals surface area contributed by atoms with E-state index < -0.39 is 0 Å². The SMILES string of the molecule is COC(C)(C)CCNC1CCCN(c2ncccn2)C1. The highest BCUT2D eigenvalue weighted by molar-refractivity contribution is 5.29. The van der Waals surface area contributed by atoms with E-state index in [-0.39, 0.29) is 5.60 Å². The molecule has 1 unspecified atom stereocenters. The number of nitrogens with zero attached hydrogens (tertiary/aromatic N) is 3. The molecule has 0 spiro atoms. The van der Waals surface area contributed by atoms with Crippen molar-refractivity contribution in [2.45, 2.75) is 44.8 Å². The van der Waals surface area contributed by atoms with Gasteiger partial charge in [-0.15, -0.1) is 0 Å². The smallest absolute Gasteiger partial charge is 0.225 e. The van der Waals surface area contributed by atoms with Crippen molar-refractivity contribution in [3.63, 3.8) is 0 Å². The van der Waals surface area contributed by atoms with Crippen molar-refractivity contribution < 1.29 is 4.74 Å². The van der Waals surface area contributed by atoms with Gasteiger partial charge in [-0.05, 0) is 45.7 Å². The first-order chi connectivity index (χ1) is 9.61. The molecule has 1 aromatic rings. The van der Waals surface area contributed by atoms with Gasteiger partial charge >= 0.3 is 0 Å². The van der Waals surface area contributed by atoms with Crippen LogP contribution in [0.25, 0.3) is 0 Å². The Bertz CT molecular complexity index is 396. The molecule has 0 aliphatic carbocycles. The molecule has 1 fully saturated rings. The Balaban J connectivity index is 1.79. The topological polar surface area (TPSA) is 50.3 Å². The molecular formula is C15H26N4O. The van der Waals surface area contributed by atoms with Crippen LogP contribution >= 0.6 is 0 Å². The monoisotopic (exact) mass is 278 g/mol. The number of hydrogen-bond acceptors (Lipinski definition) is 5. The fourth-order valence-corrected chi connectivity index (χ4v) is 2.46. The fraction of sp³-hybridized carbons (Fsp3) is 0.733. The van der Waals surface area contributed by atoms with E-state index in [4.69, 9.17) is 4.74 Å². The van der Waals surface area contributed by atoms with Crippen LogP contribution in [0.1, 0.15) is 33.1 Å². The predicted molar refractivity (Wildman–Crippen MR) is 81.0 cm³/mol. The van der Waals surface area contributed by atoms with Crippen molar-refractivity contribution >= 4 is 5.95 Å². The van der Waals surface area contributed by atoms with Gasteiger partial charge in [0.25, 0.3) is 0 Å². The summed E-state index contributed by atoms with van der Waals surface area (Å²) in [4.78, 5) is 10.9. The van der Waals surface area contributed by atoms with Crippen molar-refractivity contribution in [3.05, 3.63) is 18.5 Å². The van der Waals surface area contributed by atoms with E-state index >= 15 is 0 Å². The van der Waals surface area contributed by atoms with Gasteiger partial charge in [0.15, 0.2) is 0 Å². The molecule has 1 aromatic heterocycles. The van der Waals surface area contributed by atoms with Crippen LogP contribution in [-0.4, -0.2) is 48.4 Å². The van der Waals surface area contributed by atoms with Crippen molar-refractivity contribution in [2.75, 3.05) is 31.6 Å². The van der Waals surface area contributed by atoms with Gasteiger partial charge in [0.2, 0.25) is 5.95 Å². The predicted octanol–water partition coefficient (Wildman–Crippen LogP) is 1.85. The first-order valence-electron chi connectivity index (χ1n) is 7.41. The van der Waals surface area contributed by atoms with Crippen LogP contribution in [0.4, 0.5) is 5.95 Å². The molecule has 112 valence electrons. The molecule has 1 N–H and O–H groups in total. The van der Waals surface area contributed by atoms with Crippen LogP contribution in [0.15, 0.2) is 18.5 Å². The number of hydrogen-bond donors (Lipinski definition) is 1. The summed E-state index contributed by atoms with van der Waals surface area (Å²) in [6.45, 7) is 7.26. The summed E-state index contributed by atoms with van der Waals surface area (Å²) in [6, 6.07) is 2.37. The molecule has 1 atom stereocenters. The summed E-state index contributed by atoms with van der Waals surface area (Å²) < 4.78 is 5.45. The first kappa shape index (κ1) is 15.2. The Morgan fingerprint density at radius 3 is 2.85 bits per heavy atom. The number of aromatic nitrogens is 2. The molecule has 0 saturated carbocycles. The highest BCUT2D eigenvalue weighted by atomic mass is 16.5. The zero-order chi connectivity index (χ0) is 14.4. The number of rotatable bonds is 6. The van der Waals surface area contributed by atoms with E-state index in [0.29, 0.717) is 6.04 Å². The first-order valence-corrected chi connectivity index (χ1v) is 7.41. The second kappa shape index (κ2) is 6.99. The Morgan fingerprint density at radius 2 is 2.15 bits per heavy atom. The maximum absolute atomic E-state index is 5.45. The molecule has 5 heteroatoms. The average Bonchev–Trinajstić information content (AvgIpc) is 2.48. The lowest BCUT2D eigenvalue weighted by molar-refractivity contribution is 0.0153. The molecule has 0 amide bonds. The second-order valence-corrected chi connectivity index (χ2v) is 6.00. The molecular weight excluding hydrogens is 252 g/mol. The lowest BCUT2D eigenvalue weighted by Gasteiger charge is -2.34. The van der Waals surface area contributed by atoms with E-state index in [1.54, 1.807) is 19.5 Å². The lowest BCUT2D eigenvalue weighted by atomic mass is 10.0. The van der Waals surface area contributed by atoms with Crippen LogP contribution in [0.2, 0.25) is 0 Å². The summed E-state index contributed by atoms with van der Waals surface area (Å²) in [5.41, 5.74) is -0.0517. The van der Waals surface area contributed by atoms with Crippen molar-refractivity contribution in [1.29, 1.82) is 0 Å². The Hall–Kier alpha value is -1.20. The Morgan fingerprint density at radius 1 is 1.40 bits per heavy atom. The van der Waals surface area contributed by atoms with E-state index in [9.17, 15) is 0 Å². The summed E-state index contributed by atoms with van der Waals surface area (Å²) in [5.74, 6) is 0.844. The second-order valence-electron chi connectivity index (χ2n) is 6.00. The molecule has 2 heterocycles. The number of ether oxygens (including phenoxy) is 1. The van der Waals surface area contributed by atoms with Gasteiger partial charge in [-0.3, -0.25) is 0 Å². The largest absolute Gasteiger partial charge is 0.379 e. The molecule has 5 nitrogen and oxygen atoms in total. The summed E-state index contributed by atoms with van der Waals surface area (Å²) >= 11 is 0. The number of methoxy groups -OCH3 is 1. The van der Waals surface area contributed by atoms with Gasteiger partial charge in [0, 0.05) is 38.6 Å². The number of anilines is 1. The lowest BCUT2D eigenvalue weighted by Crippen LogP contribution is -2.47. The van der Waals surface area contributed by atoms with Gasteiger partial charge in [-0.1, -0.05) is 0 Å². The molecule has 0 aromatic carbocycles. The zero-order valence-electron chi connectivity index (χ0n) is 12.8. The molecule has 1 saturated heterocycles. The van der Waals surface area contributed by atoms with Crippen molar-refractivity contribution in [2.24, 2.45) is 0 Å². The summed E-state index contributed by atoms with van der Waals surface area (Å²) in [7, 11) is 1.77. The van der Waals surface area contributed by atoms with Crippen molar-refractivity contribution in [3.8, 4) is 0 Å². The maximum Gasteiger partial charge on any atom is 0.225 e. The van der Waals surface area contributed by atoms with Gasteiger partial charge in [-0.2, -0.15) is 0 Å². The fourth-order valence-electron chi connectivity index (χ4n) is 2.46. The molecule has 20 heavy (non-hydrogen) atoms. The minimum absolute atomic E-state index is 0.0517. The minimum Gasteiger partial charge on any atom is -0.379 e. The van der Waals surface area contributed by atoms with Crippen LogP contribution < -0.4 is 10.2 Å². The van der Waals surface area contributed by atoms with E-state index in [1.807, 2.05) is 6.07 Å². The third-order valence-electron chi connectivity index (χ3n) is 3.97. The van der Waals surface area contributed by atoms with Crippen LogP contribution in [0.5, 0.6) is 0 Å². The van der Waals surface area contributed by atoms with E-state index in [2.05, 4.69) is 34.0 Å². The molecule has 1 aliphatic rings.